The van der Waals surface area contributed by atoms with Gasteiger partial charge in [0.15, 0.2) is 0 Å². The predicted molar refractivity (Wildman–Crippen MR) is 115 cm³/mol. The molecule has 4 rings (SSSR count). The van der Waals surface area contributed by atoms with Crippen LogP contribution in [0.4, 0.5) is 10.1 Å². The van der Waals surface area contributed by atoms with E-state index in [2.05, 4.69) is 36.5 Å². The first kappa shape index (κ1) is 18.4. The molecule has 0 aliphatic carbocycles. The minimum atomic E-state index is -0.422. The highest BCUT2D eigenvalue weighted by molar-refractivity contribution is 7.21. The van der Waals surface area contributed by atoms with Crippen molar-refractivity contribution in [3.05, 3.63) is 99.7 Å². The van der Waals surface area contributed by atoms with Crippen LogP contribution in [0.5, 0.6) is 0 Å². The maximum absolute atomic E-state index is 14.2. The lowest BCUT2D eigenvalue weighted by Crippen LogP contribution is -2.13. The Morgan fingerprint density at radius 1 is 0.964 bits per heavy atom. The van der Waals surface area contributed by atoms with E-state index < -0.39 is 5.82 Å². The van der Waals surface area contributed by atoms with Gasteiger partial charge in [0.25, 0.3) is 5.91 Å². The number of hydrogen-bond donors (Lipinski definition) is 1. The summed E-state index contributed by atoms with van der Waals surface area (Å²) in [6, 6.07) is 21.1. The van der Waals surface area contributed by atoms with Crippen LogP contribution in [0.3, 0.4) is 0 Å². The molecular weight excluding hydrogens is 369 g/mol. The van der Waals surface area contributed by atoms with Crippen molar-refractivity contribution in [1.82, 2.24) is 0 Å². The summed E-state index contributed by atoms with van der Waals surface area (Å²) in [5, 5.41) is 3.82. The second-order valence-corrected chi connectivity index (χ2v) is 8.06. The van der Waals surface area contributed by atoms with Crippen LogP contribution in [-0.4, -0.2) is 5.91 Å². The number of hydrogen-bond acceptors (Lipinski definition) is 2. The molecule has 0 saturated heterocycles. The van der Waals surface area contributed by atoms with Crippen molar-refractivity contribution in [1.29, 1.82) is 0 Å². The van der Waals surface area contributed by atoms with E-state index in [-0.39, 0.29) is 11.6 Å². The zero-order chi connectivity index (χ0) is 19.7. The molecule has 1 heterocycles. The van der Waals surface area contributed by atoms with Gasteiger partial charge in [0, 0.05) is 4.70 Å². The first-order chi connectivity index (χ1) is 13.5. The Hall–Kier alpha value is -2.98. The first-order valence-electron chi connectivity index (χ1n) is 9.15. The summed E-state index contributed by atoms with van der Waals surface area (Å²) >= 11 is 1.45. The molecule has 140 valence electrons. The van der Waals surface area contributed by atoms with Gasteiger partial charge in [-0.15, -0.1) is 11.3 Å². The van der Waals surface area contributed by atoms with Gasteiger partial charge in [0.1, 0.15) is 5.82 Å². The van der Waals surface area contributed by atoms with Gasteiger partial charge >= 0.3 is 0 Å². The summed E-state index contributed by atoms with van der Waals surface area (Å²) in [7, 11) is 0. The van der Waals surface area contributed by atoms with Crippen LogP contribution in [0.25, 0.3) is 10.1 Å². The molecule has 1 amide bonds. The maximum atomic E-state index is 14.2. The van der Waals surface area contributed by atoms with Crippen molar-refractivity contribution in [2.24, 2.45) is 0 Å². The molecule has 1 aromatic heterocycles. The highest BCUT2D eigenvalue weighted by Gasteiger charge is 2.19. The van der Waals surface area contributed by atoms with E-state index in [1.165, 1.54) is 23.0 Å². The average Bonchev–Trinajstić information content (AvgIpc) is 3.04. The summed E-state index contributed by atoms with van der Waals surface area (Å²) < 4.78 is 15.3. The number of fused-ring (bicyclic) bond motifs is 1. The average molecular weight is 389 g/mol. The largest absolute Gasteiger partial charge is 0.319 e. The Balaban J connectivity index is 1.73. The Labute approximate surface area is 167 Å². The molecule has 0 radical (unpaired) electrons. The monoisotopic (exact) mass is 389 g/mol. The smallest absolute Gasteiger partial charge is 0.266 e. The lowest BCUT2D eigenvalue weighted by atomic mass is 10.0. The Morgan fingerprint density at radius 2 is 1.68 bits per heavy atom. The van der Waals surface area contributed by atoms with E-state index in [1.807, 2.05) is 31.2 Å². The zero-order valence-corrected chi connectivity index (χ0v) is 16.6. The number of carbonyl (C=O) groups is 1. The van der Waals surface area contributed by atoms with Crippen molar-refractivity contribution >= 4 is 33.0 Å². The fourth-order valence-electron chi connectivity index (χ4n) is 3.27. The molecule has 4 heteroatoms. The van der Waals surface area contributed by atoms with Crippen molar-refractivity contribution in [2.75, 3.05) is 5.32 Å². The summed E-state index contributed by atoms with van der Waals surface area (Å²) in [5.74, 6) is -0.694. The van der Waals surface area contributed by atoms with Crippen molar-refractivity contribution < 1.29 is 9.18 Å². The second kappa shape index (κ2) is 7.56. The first-order valence-corrected chi connectivity index (χ1v) is 9.96. The van der Waals surface area contributed by atoms with Crippen LogP contribution in [0.2, 0.25) is 0 Å². The van der Waals surface area contributed by atoms with Gasteiger partial charge in [-0.1, -0.05) is 54.1 Å². The molecule has 1 N–H and O–H groups in total. The van der Waals surface area contributed by atoms with Crippen LogP contribution in [0, 0.1) is 19.7 Å². The summed E-state index contributed by atoms with van der Waals surface area (Å²) in [5.41, 5.74) is 4.35. The molecule has 0 atom stereocenters. The molecule has 0 spiro atoms. The molecule has 0 bridgehead atoms. The third-order valence-electron chi connectivity index (χ3n) is 4.78. The normalized spacial score (nSPS) is 11.0. The van der Waals surface area contributed by atoms with E-state index in [1.54, 1.807) is 12.1 Å². The zero-order valence-electron chi connectivity index (χ0n) is 15.8. The van der Waals surface area contributed by atoms with Crippen molar-refractivity contribution in [3.63, 3.8) is 0 Å². The van der Waals surface area contributed by atoms with Crippen LogP contribution in [0.15, 0.2) is 66.7 Å². The Kier molecular flexibility index (Phi) is 4.97. The molecule has 2 nitrogen and oxygen atoms in total. The number of thiophene rings is 1. The maximum Gasteiger partial charge on any atom is 0.266 e. The lowest BCUT2D eigenvalue weighted by molar-refractivity contribution is 0.102. The highest BCUT2D eigenvalue weighted by atomic mass is 32.1. The van der Waals surface area contributed by atoms with Gasteiger partial charge in [0.2, 0.25) is 0 Å². The molecule has 0 unspecified atom stereocenters. The fraction of sp³-hybridized carbons (Fsp3) is 0.125. The van der Waals surface area contributed by atoms with Gasteiger partial charge in [-0.25, -0.2) is 4.39 Å². The number of aryl methyl sites for hydroxylation is 2. The van der Waals surface area contributed by atoms with Crippen LogP contribution in [0.1, 0.15) is 31.9 Å². The molecule has 0 saturated carbocycles. The molecule has 28 heavy (non-hydrogen) atoms. The molecule has 4 aromatic rings. The minimum absolute atomic E-state index is 0.203. The van der Waals surface area contributed by atoms with Gasteiger partial charge in [-0.05, 0) is 60.5 Å². The fourth-order valence-corrected chi connectivity index (χ4v) is 4.39. The number of nitrogens with one attached hydrogen (secondary N) is 1. The van der Waals surface area contributed by atoms with Crippen LogP contribution in [-0.2, 0) is 6.42 Å². The lowest BCUT2D eigenvalue weighted by Gasteiger charge is -2.09. The van der Waals surface area contributed by atoms with E-state index in [0.717, 1.165) is 26.8 Å². The summed E-state index contributed by atoms with van der Waals surface area (Å²) in [4.78, 5) is 13.6. The molecule has 0 fully saturated rings. The number of anilines is 1. The molecule has 0 aliphatic heterocycles. The number of amides is 1. The van der Waals surface area contributed by atoms with Crippen molar-refractivity contribution in [2.45, 2.75) is 20.3 Å². The number of benzene rings is 3. The van der Waals surface area contributed by atoms with E-state index in [4.69, 9.17) is 0 Å². The molecule has 3 aromatic carbocycles. The van der Waals surface area contributed by atoms with Crippen molar-refractivity contribution in [3.8, 4) is 0 Å². The van der Waals surface area contributed by atoms with E-state index >= 15 is 0 Å². The Bertz CT molecular complexity index is 1160. The molecular formula is C24H20FNOS. The van der Waals surface area contributed by atoms with E-state index in [9.17, 15) is 9.18 Å². The standard InChI is InChI=1S/C24H20FNOS/c1-15-7-10-17(11-8-15)14-19-18-5-3-4-6-22(18)28-23(19)24(27)26-21-12-9-16(2)13-20(21)25/h3-13H,14H2,1-2H3,(H,26,27). The third kappa shape index (κ3) is 3.69. The number of halogens is 1. The highest BCUT2D eigenvalue weighted by Crippen LogP contribution is 2.34. The van der Waals surface area contributed by atoms with Gasteiger partial charge in [-0.3, -0.25) is 4.79 Å². The summed E-state index contributed by atoms with van der Waals surface area (Å²) in [6.45, 7) is 3.87. The Morgan fingerprint density at radius 3 is 2.43 bits per heavy atom. The van der Waals surface area contributed by atoms with Gasteiger partial charge in [0.05, 0.1) is 10.6 Å². The predicted octanol–water partition coefficient (Wildman–Crippen LogP) is 6.50. The topological polar surface area (TPSA) is 29.1 Å². The molecule has 0 aliphatic rings. The number of rotatable bonds is 4. The van der Waals surface area contributed by atoms with Gasteiger partial charge in [-0.2, -0.15) is 0 Å². The number of carbonyl (C=O) groups excluding carboxylic acids is 1. The minimum Gasteiger partial charge on any atom is -0.319 e. The van der Waals surface area contributed by atoms with Crippen LogP contribution < -0.4 is 5.32 Å². The second-order valence-electron chi connectivity index (χ2n) is 7.01. The van der Waals surface area contributed by atoms with E-state index in [0.29, 0.717) is 11.3 Å². The summed E-state index contributed by atoms with van der Waals surface area (Å²) in [6.07, 6.45) is 0.656. The quantitative estimate of drug-likeness (QED) is 0.424. The van der Waals surface area contributed by atoms with Gasteiger partial charge < -0.3 is 5.32 Å². The van der Waals surface area contributed by atoms with Crippen LogP contribution >= 0.6 is 11.3 Å². The third-order valence-corrected chi connectivity index (χ3v) is 5.99. The SMILES string of the molecule is Cc1ccc(Cc2c(C(=O)Nc3ccc(C)cc3F)sc3ccccc23)cc1.